The van der Waals surface area contributed by atoms with Crippen LogP contribution in [0.4, 0.5) is 18.9 Å². The average Bonchev–Trinajstić information content (AvgIpc) is 2.53. The summed E-state index contributed by atoms with van der Waals surface area (Å²) in [6, 6.07) is 8.02. The molecule has 24 heavy (non-hydrogen) atoms. The van der Waals surface area contributed by atoms with Crippen LogP contribution in [-0.2, 0) is 22.3 Å². The van der Waals surface area contributed by atoms with Crippen molar-refractivity contribution < 1.29 is 22.8 Å². The molecule has 126 valence electrons. The maximum absolute atomic E-state index is 12.8. The minimum Gasteiger partial charge on any atom is -0.352 e. The number of hydrogen-bond donors (Lipinski definition) is 2. The van der Waals surface area contributed by atoms with E-state index in [4.69, 9.17) is 0 Å². The molecule has 5 nitrogen and oxygen atoms in total. The number of carbonyl (C=O) groups excluding carboxylic acids is 2. The predicted octanol–water partition coefficient (Wildman–Crippen LogP) is 2.75. The van der Waals surface area contributed by atoms with Gasteiger partial charge in [0.15, 0.2) is 0 Å². The number of anilines is 1. The molecule has 0 bridgehead atoms. The van der Waals surface area contributed by atoms with Crippen molar-refractivity contribution >= 4 is 17.5 Å². The van der Waals surface area contributed by atoms with Crippen molar-refractivity contribution in [1.29, 1.82) is 0 Å². The van der Waals surface area contributed by atoms with Gasteiger partial charge in [0.2, 0.25) is 11.8 Å². The van der Waals surface area contributed by atoms with E-state index in [0.717, 1.165) is 17.7 Å². The molecule has 0 saturated carbocycles. The van der Waals surface area contributed by atoms with Crippen molar-refractivity contribution in [2.24, 2.45) is 0 Å². The Kier molecular flexibility index (Phi) is 5.51. The van der Waals surface area contributed by atoms with Gasteiger partial charge in [-0.25, -0.2) is 0 Å². The summed E-state index contributed by atoms with van der Waals surface area (Å²) >= 11 is 0. The van der Waals surface area contributed by atoms with Crippen LogP contribution < -0.4 is 10.6 Å². The van der Waals surface area contributed by atoms with Crippen LogP contribution in [0.3, 0.4) is 0 Å². The number of aromatic nitrogens is 1. The van der Waals surface area contributed by atoms with Gasteiger partial charge in [0.1, 0.15) is 6.42 Å². The number of rotatable bonds is 5. The van der Waals surface area contributed by atoms with E-state index in [1.165, 1.54) is 12.1 Å². The fourth-order valence-corrected chi connectivity index (χ4v) is 1.95. The molecule has 0 aliphatic heterocycles. The second-order valence-electron chi connectivity index (χ2n) is 4.91. The van der Waals surface area contributed by atoms with Gasteiger partial charge in [-0.3, -0.25) is 14.6 Å². The van der Waals surface area contributed by atoms with E-state index in [2.05, 4.69) is 15.6 Å². The van der Waals surface area contributed by atoms with Gasteiger partial charge in [-0.2, -0.15) is 13.2 Å². The third-order valence-electron chi connectivity index (χ3n) is 3.04. The molecule has 1 aromatic heterocycles. The largest absolute Gasteiger partial charge is 0.418 e. The lowest BCUT2D eigenvalue weighted by atomic mass is 10.1. The maximum Gasteiger partial charge on any atom is 0.418 e. The summed E-state index contributed by atoms with van der Waals surface area (Å²) in [5.74, 6) is -1.42. The minimum absolute atomic E-state index is 0.180. The van der Waals surface area contributed by atoms with Crippen molar-refractivity contribution in [1.82, 2.24) is 10.3 Å². The lowest BCUT2D eigenvalue weighted by Crippen LogP contribution is -2.28. The van der Waals surface area contributed by atoms with Crippen molar-refractivity contribution in [2.75, 3.05) is 5.32 Å². The monoisotopic (exact) mass is 337 g/mol. The number of nitrogens with one attached hydrogen (secondary N) is 2. The molecule has 1 heterocycles. The molecular weight excluding hydrogens is 323 g/mol. The standard InChI is InChI=1S/C16H14F3N3O2/c17-16(18,19)12-5-1-2-6-13(12)22-15(24)8-14(23)21-10-11-4-3-7-20-9-11/h1-7,9H,8,10H2,(H,21,23)(H,22,24). The van der Waals surface area contributed by atoms with E-state index in [1.54, 1.807) is 24.5 Å². The Hall–Kier alpha value is -2.90. The molecule has 0 fully saturated rings. The fraction of sp³-hybridized carbons (Fsp3) is 0.188. The van der Waals surface area contributed by atoms with Gasteiger partial charge in [-0.1, -0.05) is 18.2 Å². The third-order valence-corrected chi connectivity index (χ3v) is 3.04. The third kappa shape index (κ3) is 5.08. The Morgan fingerprint density at radius 1 is 1.04 bits per heavy atom. The van der Waals surface area contributed by atoms with Gasteiger partial charge in [0.05, 0.1) is 11.3 Å². The maximum atomic E-state index is 12.8. The quantitative estimate of drug-likeness (QED) is 0.824. The molecule has 0 atom stereocenters. The van der Waals surface area contributed by atoms with Gasteiger partial charge in [0.25, 0.3) is 0 Å². The van der Waals surface area contributed by atoms with E-state index in [-0.39, 0.29) is 12.2 Å². The SMILES string of the molecule is O=C(CC(=O)Nc1ccccc1C(F)(F)F)NCc1cccnc1. The summed E-state index contributed by atoms with van der Waals surface area (Å²) in [7, 11) is 0. The molecule has 1 aromatic carbocycles. The Morgan fingerprint density at radius 3 is 2.46 bits per heavy atom. The summed E-state index contributed by atoms with van der Waals surface area (Å²) in [5, 5.41) is 4.61. The first-order valence-corrected chi connectivity index (χ1v) is 6.98. The number of para-hydroxylation sites is 1. The van der Waals surface area contributed by atoms with Gasteiger partial charge >= 0.3 is 6.18 Å². The Labute approximate surface area is 135 Å². The molecule has 0 radical (unpaired) electrons. The summed E-state index contributed by atoms with van der Waals surface area (Å²) < 4.78 is 38.5. The minimum atomic E-state index is -4.59. The zero-order valence-electron chi connectivity index (χ0n) is 12.4. The molecule has 0 aliphatic rings. The molecule has 0 aliphatic carbocycles. The van der Waals surface area contributed by atoms with Crippen LogP contribution in [0, 0.1) is 0 Å². The zero-order valence-corrected chi connectivity index (χ0v) is 12.4. The molecule has 0 saturated heterocycles. The van der Waals surface area contributed by atoms with Gasteiger partial charge in [-0.15, -0.1) is 0 Å². The lowest BCUT2D eigenvalue weighted by molar-refractivity contribution is -0.137. The Balaban J connectivity index is 1.90. The summed E-state index contributed by atoms with van der Waals surface area (Å²) in [6.07, 6.45) is -2.03. The van der Waals surface area contributed by atoms with Crippen LogP contribution in [0.2, 0.25) is 0 Å². The Morgan fingerprint density at radius 2 is 1.79 bits per heavy atom. The predicted molar refractivity (Wildman–Crippen MR) is 80.8 cm³/mol. The van der Waals surface area contributed by atoms with Crippen LogP contribution in [0.25, 0.3) is 0 Å². The van der Waals surface area contributed by atoms with Crippen molar-refractivity contribution in [3.8, 4) is 0 Å². The summed E-state index contributed by atoms with van der Waals surface area (Å²) in [4.78, 5) is 27.3. The van der Waals surface area contributed by atoms with Crippen LogP contribution in [0.5, 0.6) is 0 Å². The number of nitrogens with zero attached hydrogens (tertiary/aromatic N) is 1. The highest BCUT2D eigenvalue weighted by Gasteiger charge is 2.33. The van der Waals surface area contributed by atoms with Crippen LogP contribution in [-0.4, -0.2) is 16.8 Å². The van der Waals surface area contributed by atoms with Crippen LogP contribution in [0.15, 0.2) is 48.8 Å². The normalized spacial score (nSPS) is 11.0. The molecule has 2 amide bonds. The number of hydrogen-bond acceptors (Lipinski definition) is 3. The number of halogens is 3. The summed E-state index contributed by atoms with van der Waals surface area (Å²) in [5.41, 5.74) is -0.599. The smallest absolute Gasteiger partial charge is 0.352 e. The van der Waals surface area contributed by atoms with E-state index < -0.39 is 30.0 Å². The number of alkyl halides is 3. The van der Waals surface area contributed by atoms with Crippen LogP contribution >= 0.6 is 0 Å². The molecule has 0 spiro atoms. The van der Waals surface area contributed by atoms with Crippen molar-refractivity contribution in [2.45, 2.75) is 19.1 Å². The first kappa shape index (κ1) is 17.5. The summed E-state index contributed by atoms with van der Waals surface area (Å²) in [6.45, 7) is 0.180. The van der Waals surface area contributed by atoms with E-state index in [0.29, 0.717) is 0 Å². The molecule has 0 unspecified atom stereocenters. The molecule has 8 heteroatoms. The fourth-order valence-electron chi connectivity index (χ4n) is 1.95. The molecule has 2 rings (SSSR count). The lowest BCUT2D eigenvalue weighted by Gasteiger charge is -2.13. The van der Waals surface area contributed by atoms with E-state index in [9.17, 15) is 22.8 Å². The highest BCUT2D eigenvalue weighted by molar-refractivity contribution is 6.03. The number of carbonyl (C=O) groups is 2. The van der Waals surface area contributed by atoms with Gasteiger partial charge in [-0.05, 0) is 23.8 Å². The second-order valence-corrected chi connectivity index (χ2v) is 4.91. The topological polar surface area (TPSA) is 71.1 Å². The number of amides is 2. The first-order chi connectivity index (χ1) is 11.4. The van der Waals surface area contributed by atoms with Gasteiger partial charge < -0.3 is 10.6 Å². The average molecular weight is 337 g/mol. The highest BCUT2D eigenvalue weighted by Crippen LogP contribution is 2.34. The van der Waals surface area contributed by atoms with Crippen LogP contribution in [0.1, 0.15) is 17.5 Å². The van der Waals surface area contributed by atoms with Gasteiger partial charge in [0, 0.05) is 18.9 Å². The molecule has 2 N–H and O–H groups in total. The number of pyridine rings is 1. The van der Waals surface area contributed by atoms with E-state index >= 15 is 0 Å². The number of benzene rings is 1. The van der Waals surface area contributed by atoms with Crippen molar-refractivity contribution in [3.63, 3.8) is 0 Å². The Bertz CT molecular complexity index is 718. The molecule has 2 aromatic rings. The second kappa shape index (κ2) is 7.58. The highest BCUT2D eigenvalue weighted by atomic mass is 19.4. The molecular formula is C16H14F3N3O2. The zero-order chi connectivity index (χ0) is 17.6. The van der Waals surface area contributed by atoms with Crippen molar-refractivity contribution in [3.05, 3.63) is 59.9 Å². The first-order valence-electron chi connectivity index (χ1n) is 6.98. The van der Waals surface area contributed by atoms with E-state index in [1.807, 2.05) is 0 Å².